The fourth-order valence-electron chi connectivity index (χ4n) is 4.33. The summed E-state index contributed by atoms with van der Waals surface area (Å²) in [6.07, 6.45) is 2.19. The van der Waals surface area contributed by atoms with Crippen molar-refractivity contribution in [3.8, 4) is 0 Å². The highest BCUT2D eigenvalue weighted by Gasteiger charge is 2.38. The standard InChI is InChI=1S/C29H35N5O10S/c35-12-1-10-34-28(42)14-22(29(34)43)45-13-9-23(37)32-21(16-36)15-30-24(38)17-44-18-25(39)31-20-5-2-19(3-6-20)4-7-26(40)33-11-8-27(33)41/h2-3,5-6,12,16,21-22H,1,4,7-11,13-15,17-18H2,(H,30,38)(H,31,39)(H,32,37)/t21-,22?/m1/s1. The van der Waals surface area contributed by atoms with Crippen LogP contribution in [0, 0.1) is 0 Å². The van der Waals surface area contributed by atoms with E-state index in [1.54, 1.807) is 24.3 Å². The van der Waals surface area contributed by atoms with Crippen molar-refractivity contribution < 1.29 is 47.9 Å². The number of imide groups is 2. The van der Waals surface area contributed by atoms with Gasteiger partial charge in [0.05, 0.1) is 5.25 Å². The van der Waals surface area contributed by atoms with Crippen molar-refractivity contribution >= 4 is 71.4 Å². The number of amides is 7. The van der Waals surface area contributed by atoms with E-state index in [-0.39, 0.29) is 62.2 Å². The van der Waals surface area contributed by atoms with Crippen LogP contribution in [0.4, 0.5) is 5.69 Å². The molecular formula is C29H35N5O10S. The molecule has 16 heteroatoms. The van der Waals surface area contributed by atoms with Crippen LogP contribution in [0.2, 0.25) is 0 Å². The zero-order chi connectivity index (χ0) is 32.8. The number of carbonyl (C=O) groups is 9. The predicted octanol–water partition coefficient (Wildman–Crippen LogP) is -1.03. The number of nitrogens with one attached hydrogen (secondary N) is 3. The average Bonchev–Trinajstić information content (AvgIpc) is 3.28. The largest absolute Gasteiger partial charge is 0.362 e. The number of hydrogen-bond acceptors (Lipinski definition) is 11. The summed E-state index contributed by atoms with van der Waals surface area (Å²) in [4.78, 5) is 108. The van der Waals surface area contributed by atoms with Gasteiger partial charge in [-0.2, -0.15) is 0 Å². The number of aldehydes is 2. The minimum absolute atomic E-state index is 0.00148. The van der Waals surface area contributed by atoms with Crippen LogP contribution in [0.15, 0.2) is 24.3 Å². The molecule has 3 N–H and O–H groups in total. The van der Waals surface area contributed by atoms with Crippen LogP contribution in [0.1, 0.15) is 37.7 Å². The van der Waals surface area contributed by atoms with Crippen molar-refractivity contribution in [3.63, 3.8) is 0 Å². The molecule has 0 spiro atoms. The lowest BCUT2D eigenvalue weighted by molar-refractivity contribution is -0.152. The summed E-state index contributed by atoms with van der Waals surface area (Å²) in [7, 11) is 0. The van der Waals surface area contributed by atoms with E-state index in [2.05, 4.69) is 16.0 Å². The maximum absolute atomic E-state index is 12.3. The second kappa shape index (κ2) is 17.8. The van der Waals surface area contributed by atoms with E-state index in [4.69, 9.17) is 4.74 Å². The molecule has 0 aliphatic carbocycles. The summed E-state index contributed by atoms with van der Waals surface area (Å²) in [6.45, 7) is -0.579. The Bertz CT molecular complexity index is 1300. The zero-order valence-corrected chi connectivity index (χ0v) is 25.3. The van der Waals surface area contributed by atoms with Gasteiger partial charge < -0.3 is 30.3 Å². The second-order valence-electron chi connectivity index (χ2n) is 10.2. The number of carbonyl (C=O) groups excluding carboxylic acids is 9. The van der Waals surface area contributed by atoms with E-state index >= 15 is 0 Å². The molecule has 242 valence electrons. The van der Waals surface area contributed by atoms with E-state index in [0.29, 0.717) is 37.6 Å². The van der Waals surface area contributed by atoms with Crippen LogP contribution in [-0.4, -0.2) is 114 Å². The Morgan fingerprint density at radius 1 is 0.978 bits per heavy atom. The first kappa shape index (κ1) is 35.0. The van der Waals surface area contributed by atoms with Crippen LogP contribution >= 0.6 is 11.8 Å². The number of ether oxygens (including phenoxy) is 1. The van der Waals surface area contributed by atoms with Crippen molar-refractivity contribution in [2.75, 3.05) is 43.9 Å². The van der Waals surface area contributed by atoms with Crippen LogP contribution in [0.5, 0.6) is 0 Å². The van der Waals surface area contributed by atoms with Crippen LogP contribution in [0.3, 0.4) is 0 Å². The topological polar surface area (TPSA) is 205 Å². The number of likely N-dealkylation sites (tertiary alicyclic amines) is 2. The normalized spacial score (nSPS) is 16.5. The average molecular weight is 646 g/mol. The van der Waals surface area contributed by atoms with Gasteiger partial charge in [0.1, 0.15) is 31.8 Å². The molecule has 1 unspecified atom stereocenters. The predicted molar refractivity (Wildman–Crippen MR) is 159 cm³/mol. The van der Waals surface area contributed by atoms with Gasteiger partial charge in [-0.1, -0.05) is 12.1 Å². The smallest absolute Gasteiger partial charge is 0.250 e. The minimum atomic E-state index is -1.01. The number of β-lactam (4-membered cyclic amide) rings is 1. The number of hydrogen-bond donors (Lipinski definition) is 3. The molecule has 15 nitrogen and oxygen atoms in total. The number of thioether (sulfide) groups is 1. The maximum atomic E-state index is 12.3. The molecule has 0 saturated carbocycles. The molecule has 1 aromatic rings. The Hall–Kier alpha value is -4.44. The Balaban J connectivity index is 1.25. The molecule has 2 atom stereocenters. The van der Waals surface area contributed by atoms with Crippen molar-refractivity contribution in [1.82, 2.24) is 20.4 Å². The Labute approximate surface area is 263 Å². The number of nitrogens with zero attached hydrogens (tertiary/aromatic N) is 2. The number of rotatable bonds is 19. The number of aryl methyl sites for hydroxylation is 1. The van der Waals surface area contributed by atoms with Gasteiger partial charge in [0.15, 0.2) is 0 Å². The van der Waals surface area contributed by atoms with Gasteiger partial charge in [-0.05, 0) is 24.1 Å². The molecule has 1 aromatic carbocycles. The fourth-order valence-corrected chi connectivity index (χ4v) is 5.45. The van der Waals surface area contributed by atoms with Crippen LogP contribution in [-0.2, 0) is 54.3 Å². The van der Waals surface area contributed by atoms with E-state index < -0.39 is 48.1 Å². The molecule has 7 amide bonds. The van der Waals surface area contributed by atoms with Crippen molar-refractivity contribution in [2.45, 2.75) is 49.8 Å². The first-order chi connectivity index (χ1) is 21.6. The molecule has 2 saturated heterocycles. The molecule has 2 heterocycles. The van der Waals surface area contributed by atoms with E-state index in [0.717, 1.165) is 22.2 Å². The van der Waals surface area contributed by atoms with Gasteiger partial charge in [-0.15, -0.1) is 11.8 Å². The third-order valence-corrected chi connectivity index (χ3v) is 8.04. The lowest BCUT2D eigenvalue weighted by Gasteiger charge is -2.28. The molecule has 0 aromatic heterocycles. The second-order valence-corrected chi connectivity index (χ2v) is 11.5. The van der Waals surface area contributed by atoms with Gasteiger partial charge in [0.25, 0.3) is 0 Å². The first-order valence-electron chi connectivity index (χ1n) is 14.3. The highest BCUT2D eigenvalue weighted by Crippen LogP contribution is 2.25. The summed E-state index contributed by atoms with van der Waals surface area (Å²) in [5.41, 5.74) is 1.35. The first-order valence-corrected chi connectivity index (χ1v) is 15.4. The molecule has 2 aliphatic rings. The molecular weight excluding hydrogens is 610 g/mol. The number of anilines is 1. The molecule has 2 fully saturated rings. The SMILES string of the molecule is O=CCCN1C(=O)CC(SCCC(=O)N[C@@H](C=O)CNC(=O)COCC(=O)Nc2ccc(CCC(=O)N3CCC3=O)cc2)C1=O. The summed E-state index contributed by atoms with van der Waals surface area (Å²) in [6, 6.07) is 5.81. The quantitative estimate of drug-likeness (QED) is 0.0943. The van der Waals surface area contributed by atoms with Crippen LogP contribution in [0.25, 0.3) is 0 Å². The Kier molecular flexibility index (Phi) is 13.8. The van der Waals surface area contributed by atoms with Gasteiger partial charge >= 0.3 is 0 Å². The third kappa shape index (κ3) is 11.2. The molecule has 0 radical (unpaired) electrons. The van der Waals surface area contributed by atoms with Crippen molar-refractivity contribution in [3.05, 3.63) is 29.8 Å². The highest BCUT2D eigenvalue weighted by molar-refractivity contribution is 8.00. The summed E-state index contributed by atoms with van der Waals surface area (Å²) < 4.78 is 5.12. The molecule has 3 rings (SSSR count). The Morgan fingerprint density at radius 3 is 2.36 bits per heavy atom. The van der Waals surface area contributed by atoms with Crippen molar-refractivity contribution in [1.29, 1.82) is 0 Å². The van der Waals surface area contributed by atoms with E-state index in [1.807, 2.05) is 0 Å². The summed E-state index contributed by atoms with van der Waals surface area (Å²) in [5.74, 6) is -2.49. The van der Waals surface area contributed by atoms with Crippen molar-refractivity contribution in [2.24, 2.45) is 0 Å². The highest BCUT2D eigenvalue weighted by atomic mass is 32.2. The van der Waals surface area contributed by atoms with Crippen LogP contribution < -0.4 is 16.0 Å². The minimum Gasteiger partial charge on any atom is -0.362 e. The van der Waals surface area contributed by atoms with Gasteiger partial charge in [-0.25, -0.2) is 0 Å². The third-order valence-electron chi connectivity index (χ3n) is 6.83. The summed E-state index contributed by atoms with van der Waals surface area (Å²) >= 11 is 1.14. The van der Waals surface area contributed by atoms with Gasteiger partial charge in [0, 0.05) is 63.2 Å². The van der Waals surface area contributed by atoms with Gasteiger partial charge in [0.2, 0.25) is 41.4 Å². The molecule has 0 bridgehead atoms. The molecule has 45 heavy (non-hydrogen) atoms. The van der Waals surface area contributed by atoms with E-state index in [1.165, 1.54) is 4.90 Å². The van der Waals surface area contributed by atoms with Gasteiger partial charge in [-0.3, -0.25) is 43.4 Å². The fraction of sp³-hybridized carbons (Fsp3) is 0.483. The monoisotopic (exact) mass is 645 g/mol. The summed E-state index contributed by atoms with van der Waals surface area (Å²) in [5, 5.41) is 6.89. The maximum Gasteiger partial charge on any atom is 0.250 e. The molecule has 2 aliphatic heterocycles. The zero-order valence-electron chi connectivity index (χ0n) is 24.5. The lowest BCUT2D eigenvalue weighted by Crippen LogP contribution is -2.47. The Morgan fingerprint density at radius 2 is 1.71 bits per heavy atom. The number of benzene rings is 1. The lowest BCUT2D eigenvalue weighted by atomic mass is 10.1. The van der Waals surface area contributed by atoms with E-state index in [9.17, 15) is 43.2 Å².